The summed E-state index contributed by atoms with van der Waals surface area (Å²) in [5.74, 6) is 1.31. The average molecular weight is 239 g/mol. The Hall–Kier alpha value is -0.900. The van der Waals surface area contributed by atoms with E-state index in [1.165, 1.54) is 32.1 Å². The van der Waals surface area contributed by atoms with Crippen LogP contribution in [0, 0.1) is 0 Å². The van der Waals surface area contributed by atoms with Crippen molar-refractivity contribution in [2.45, 2.75) is 71.3 Å². The van der Waals surface area contributed by atoms with E-state index in [0.29, 0.717) is 5.89 Å². The summed E-state index contributed by atoms with van der Waals surface area (Å²) in [4.78, 5) is 0. The Morgan fingerprint density at radius 2 is 1.76 bits per heavy atom. The first-order valence-corrected chi connectivity index (χ1v) is 6.85. The molecule has 0 saturated carbocycles. The van der Waals surface area contributed by atoms with Crippen LogP contribution in [-0.4, -0.2) is 10.2 Å². The van der Waals surface area contributed by atoms with Gasteiger partial charge in [-0.2, -0.15) is 0 Å². The first kappa shape index (κ1) is 14.2. The lowest BCUT2D eigenvalue weighted by molar-refractivity contribution is 0.407. The van der Waals surface area contributed by atoms with Gasteiger partial charge in [-0.25, -0.2) is 0 Å². The van der Waals surface area contributed by atoms with Gasteiger partial charge in [0.15, 0.2) is 0 Å². The number of nitrogens with two attached hydrogens (primary N) is 1. The molecule has 4 heteroatoms. The first-order valence-electron chi connectivity index (χ1n) is 6.85. The fourth-order valence-corrected chi connectivity index (χ4v) is 1.75. The molecule has 98 valence electrons. The maximum Gasteiger partial charge on any atom is 0.233 e. The highest BCUT2D eigenvalue weighted by molar-refractivity contribution is 4.88. The van der Waals surface area contributed by atoms with E-state index in [9.17, 15) is 0 Å². The largest absolute Gasteiger partial charge is 0.424 e. The predicted octanol–water partition coefficient (Wildman–Crippen LogP) is 3.38. The minimum atomic E-state index is -0.110. The zero-order chi connectivity index (χ0) is 12.5. The zero-order valence-electron chi connectivity index (χ0n) is 11.1. The van der Waals surface area contributed by atoms with Crippen molar-refractivity contribution in [1.29, 1.82) is 0 Å². The molecular weight excluding hydrogens is 214 g/mol. The van der Waals surface area contributed by atoms with Crippen molar-refractivity contribution in [3.63, 3.8) is 0 Å². The summed E-state index contributed by atoms with van der Waals surface area (Å²) in [7, 11) is 0. The molecule has 0 spiro atoms. The lowest BCUT2D eigenvalue weighted by Gasteiger charge is -2.00. The lowest BCUT2D eigenvalue weighted by Crippen LogP contribution is -2.08. The molecule has 0 aliphatic carbocycles. The third-order valence-corrected chi connectivity index (χ3v) is 2.98. The van der Waals surface area contributed by atoms with Gasteiger partial charge in [0.05, 0.1) is 6.04 Å². The quantitative estimate of drug-likeness (QED) is 0.671. The number of unbranched alkanes of at least 4 members (excludes halogenated alkanes) is 5. The van der Waals surface area contributed by atoms with Crippen LogP contribution in [0.4, 0.5) is 0 Å². The Kier molecular flexibility index (Phi) is 6.86. The molecular formula is C13H25N3O. The van der Waals surface area contributed by atoms with Gasteiger partial charge in [0.1, 0.15) is 0 Å². The van der Waals surface area contributed by atoms with E-state index in [-0.39, 0.29) is 6.04 Å². The second-order valence-corrected chi connectivity index (χ2v) is 4.57. The Morgan fingerprint density at radius 3 is 2.47 bits per heavy atom. The van der Waals surface area contributed by atoms with Crippen LogP contribution in [0.3, 0.4) is 0 Å². The number of nitrogens with zero attached hydrogens (tertiary/aromatic N) is 2. The molecule has 0 bridgehead atoms. The molecule has 1 heterocycles. The maximum absolute atomic E-state index is 5.82. The van der Waals surface area contributed by atoms with Crippen molar-refractivity contribution in [3.05, 3.63) is 11.8 Å². The van der Waals surface area contributed by atoms with Gasteiger partial charge in [-0.1, -0.05) is 46.0 Å². The highest BCUT2D eigenvalue weighted by Gasteiger charge is 2.11. The summed E-state index contributed by atoms with van der Waals surface area (Å²) in [5.41, 5.74) is 5.82. The zero-order valence-corrected chi connectivity index (χ0v) is 11.1. The minimum Gasteiger partial charge on any atom is -0.424 e. The van der Waals surface area contributed by atoms with Gasteiger partial charge in [0.2, 0.25) is 11.8 Å². The van der Waals surface area contributed by atoms with Crippen molar-refractivity contribution in [2.75, 3.05) is 0 Å². The molecule has 0 radical (unpaired) electrons. The van der Waals surface area contributed by atoms with Crippen LogP contribution >= 0.6 is 0 Å². The van der Waals surface area contributed by atoms with Crippen LogP contribution in [0.25, 0.3) is 0 Å². The average Bonchev–Trinajstić information content (AvgIpc) is 2.81. The van der Waals surface area contributed by atoms with Crippen molar-refractivity contribution in [2.24, 2.45) is 5.73 Å². The van der Waals surface area contributed by atoms with Crippen LogP contribution in [0.1, 0.15) is 76.6 Å². The molecule has 0 amide bonds. The Bertz CT molecular complexity index is 299. The van der Waals surface area contributed by atoms with Crippen LogP contribution in [0.5, 0.6) is 0 Å². The van der Waals surface area contributed by atoms with Gasteiger partial charge in [0.25, 0.3) is 0 Å². The molecule has 17 heavy (non-hydrogen) atoms. The highest BCUT2D eigenvalue weighted by Crippen LogP contribution is 2.14. The molecule has 4 nitrogen and oxygen atoms in total. The summed E-state index contributed by atoms with van der Waals surface area (Å²) in [6.07, 6.45) is 9.38. The van der Waals surface area contributed by atoms with Gasteiger partial charge >= 0.3 is 0 Å². The number of rotatable bonds is 9. The van der Waals surface area contributed by atoms with E-state index in [1.807, 2.05) is 6.92 Å². The van der Waals surface area contributed by atoms with E-state index >= 15 is 0 Å². The van der Waals surface area contributed by atoms with Crippen LogP contribution < -0.4 is 5.73 Å². The molecule has 0 saturated heterocycles. The number of hydrogen-bond acceptors (Lipinski definition) is 4. The fourth-order valence-electron chi connectivity index (χ4n) is 1.75. The molecule has 1 aromatic heterocycles. The van der Waals surface area contributed by atoms with Gasteiger partial charge in [-0.05, 0) is 12.8 Å². The fraction of sp³-hybridized carbons (Fsp3) is 0.846. The smallest absolute Gasteiger partial charge is 0.233 e. The molecule has 2 N–H and O–H groups in total. The standard InChI is InChI=1S/C13H25N3O/c1-3-5-6-7-8-9-10-12-15-16-13(17-12)11(14)4-2/h11H,3-10,14H2,1-2H3. The lowest BCUT2D eigenvalue weighted by atomic mass is 10.1. The van der Waals surface area contributed by atoms with E-state index in [0.717, 1.165) is 25.2 Å². The van der Waals surface area contributed by atoms with E-state index in [2.05, 4.69) is 17.1 Å². The van der Waals surface area contributed by atoms with Gasteiger partial charge in [0, 0.05) is 6.42 Å². The molecule has 0 aliphatic rings. The third-order valence-electron chi connectivity index (χ3n) is 2.98. The molecule has 1 unspecified atom stereocenters. The van der Waals surface area contributed by atoms with Crippen molar-refractivity contribution < 1.29 is 4.42 Å². The third kappa shape index (κ3) is 5.31. The Morgan fingerprint density at radius 1 is 1.06 bits per heavy atom. The first-order chi connectivity index (χ1) is 8.27. The second-order valence-electron chi connectivity index (χ2n) is 4.57. The predicted molar refractivity (Wildman–Crippen MR) is 68.6 cm³/mol. The summed E-state index contributed by atoms with van der Waals surface area (Å²) in [5, 5.41) is 8.00. The Labute approximate surface area is 104 Å². The minimum absolute atomic E-state index is 0.110. The normalized spacial score (nSPS) is 12.9. The number of aryl methyl sites for hydroxylation is 1. The maximum atomic E-state index is 5.82. The summed E-state index contributed by atoms with van der Waals surface area (Å²) >= 11 is 0. The molecule has 1 rings (SSSR count). The summed E-state index contributed by atoms with van der Waals surface area (Å²) in [6.45, 7) is 4.25. The van der Waals surface area contributed by atoms with Gasteiger partial charge < -0.3 is 10.2 Å². The van der Waals surface area contributed by atoms with Gasteiger partial charge in [-0.15, -0.1) is 10.2 Å². The number of hydrogen-bond donors (Lipinski definition) is 1. The summed E-state index contributed by atoms with van der Waals surface area (Å²) < 4.78 is 5.52. The van der Waals surface area contributed by atoms with Gasteiger partial charge in [-0.3, -0.25) is 0 Å². The SMILES string of the molecule is CCCCCCCCc1nnc(C(N)CC)o1. The van der Waals surface area contributed by atoms with E-state index < -0.39 is 0 Å². The molecule has 1 aromatic rings. The second kappa shape index (κ2) is 8.23. The summed E-state index contributed by atoms with van der Waals surface area (Å²) in [6, 6.07) is -0.110. The van der Waals surface area contributed by atoms with E-state index in [4.69, 9.17) is 10.2 Å². The highest BCUT2D eigenvalue weighted by atomic mass is 16.4. The van der Waals surface area contributed by atoms with Crippen molar-refractivity contribution in [3.8, 4) is 0 Å². The molecule has 0 fully saturated rings. The molecule has 0 aromatic carbocycles. The molecule has 0 aliphatic heterocycles. The Balaban J connectivity index is 2.16. The van der Waals surface area contributed by atoms with E-state index in [1.54, 1.807) is 0 Å². The van der Waals surface area contributed by atoms with Crippen LogP contribution in [-0.2, 0) is 6.42 Å². The van der Waals surface area contributed by atoms with Crippen molar-refractivity contribution >= 4 is 0 Å². The monoisotopic (exact) mass is 239 g/mol. The molecule has 1 atom stereocenters. The number of aromatic nitrogens is 2. The van der Waals surface area contributed by atoms with Crippen LogP contribution in [0.15, 0.2) is 4.42 Å². The van der Waals surface area contributed by atoms with Crippen LogP contribution in [0.2, 0.25) is 0 Å². The topological polar surface area (TPSA) is 64.9 Å². The van der Waals surface area contributed by atoms with Crippen molar-refractivity contribution in [1.82, 2.24) is 10.2 Å².